The van der Waals surface area contributed by atoms with Crippen molar-refractivity contribution >= 4 is 44.8 Å². The van der Waals surface area contributed by atoms with Crippen LogP contribution in [0, 0.1) is 13.8 Å². The Hall–Kier alpha value is -2.32. The van der Waals surface area contributed by atoms with E-state index in [9.17, 15) is 18.0 Å². The molecule has 0 saturated carbocycles. The van der Waals surface area contributed by atoms with Gasteiger partial charge in [0.1, 0.15) is 0 Å². The van der Waals surface area contributed by atoms with E-state index in [0.29, 0.717) is 17.8 Å². The molecule has 1 aliphatic rings. The maximum absolute atomic E-state index is 12.7. The molecule has 2 N–H and O–H groups in total. The molecule has 0 fully saturated rings. The first-order valence-corrected chi connectivity index (χ1v) is 11.9. The zero-order valence-corrected chi connectivity index (χ0v) is 18.2. The summed E-state index contributed by atoms with van der Waals surface area (Å²) in [4.78, 5) is 25.2. The molecule has 154 valence electrons. The number of carbonyl (C=O) groups is 2. The van der Waals surface area contributed by atoms with E-state index in [1.165, 1.54) is 23.9 Å². The summed E-state index contributed by atoms with van der Waals surface area (Å²) in [7, 11) is -3.67. The summed E-state index contributed by atoms with van der Waals surface area (Å²) in [5.74, 6) is -0.787. The highest BCUT2D eigenvalue weighted by molar-refractivity contribution is 8.00. The van der Waals surface area contributed by atoms with Gasteiger partial charge in [-0.15, -0.1) is 11.8 Å². The predicted octanol–water partition coefficient (Wildman–Crippen LogP) is 3.93. The van der Waals surface area contributed by atoms with Crippen LogP contribution < -0.4 is 10.6 Å². The van der Waals surface area contributed by atoms with Gasteiger partial charge in [0.2, 0.25) is 11.8 Å². The highest BCUT2D eigenvalue weighted by Gasteiger charge is 2.23. The van der Waals surface area contributed by atoms with Gasteiger partial charge in [0.25, 0.3) is 0 Å². The van der Waals surface area contributed by atoms with Gasteiger partial charge in [0, 0.05) is 28.7 Å². The SMILES string of the molecule is Cc1cccc(C)c1NC(=O)CCS(=O)(=O)c1ccc2c(c1)NC(=O)C[C@H](C)S2. The number of nitrogens with one attached hydrogen (secondary N) is 2. The zero-order chi connectivity index (χ0) is 21.2. The van der Waals surface area contributed by atoms with Crippen LogP contribution in [0.25, 0.3) is 0 Å². The molecule has 0 bridgehead atoms. The van der Waals surface area contributed by atoms with Gasteiger partial charge in [-0.05, 0) is 43.2 Å². The molecule has 2 amide bonds. The quantitative estimate of drug-likeness (QED) is 0.747. The molecule has 0 aromatic heterocycles. The first kappa shape index (κ1) is 21.4. The van der Waals surface area contributed by atoms with Crippen LogP contribution in [-0.2, 0) is 19.4 Å². The lowest BCUT2D eigenvalue weighted by atomic mass is 10.1. The summed E-state index contributed by atoms with van der Waals surface area (Å²) in [6.45, 7) is 5.74. The lowest BCUT2D eigenvalue weighted by Crippen LogP contribution is -2.18. The van der Waals surface area contributed by atoms with E-state index in [2.05, 4.69) is 10.6 Å². The van der Waals surface area contributed by atoms with Crippen LogP contribution in [0.2, 0.25) is 0 Å². The van der Waals surface area contributed by atoms with Crippen molar-refractivity contribution in [3.05, 3.63) is 47.5 Å². The minimum Gasteiger partial charge on any atom is -0.326 e. The molecule has 1 atom stereocenters. The first-order chi connectivity index (χ1) is 13.7. The topological polar surface area (TPSA) is 92.3 Å². The van der Waals surface area contributed by atoms with E-state index in [1.807, 2.05) is 39.0 Å². The normalized spacial score (nSPS) is 16.5. The van der Waals surface area contributed by atoms with Crippen molar-refractivity contribution in [1.29, 1.82) is 0 Å². The van der Waals surface area contributed by atoms with E-state index < -0.39 is 9.84 Å². The van der Waals surface area contributed by atoms with Crippen LogP contribution in [0.15, 0.2) is 46.2 Å². The third-order valence-corrected chi connectivity index (χ3v) is 7.62. The van der Waals surface area contributed by atoms with Crippen molar-refractivity contribution in [3.8, 4) is 0 Å². The lowest BCUT2D eigenvalue weighted by Gasteiger charge is -2.12. The molecular weight excluding hydrogens is 408 g/mol. The molecule has 1 heterocycles. The van der Waals surface area contributed by atoms with Gasteiger partial charge in [0.05, 0.1) is 16.3 Å². The van der Waals surface area contributed by atoms with Crippen LogP contribution in [-0.4, -0.2) is 31.2 Å². The second kappa shape index (κ2) is 8.59. The molecule has 0 radical (unpaired) electrons. The molecule has 0 spiro atoms. The Morgan fingerprint density at radius 3 is 2.59 bits per heavy atom. The molecule has 2 aromatic rings. The van der Waals surface area contributed by atoms with E-state index in [0.717, 1.165) is 16.0 Å². The molecule has 0 aliphatic carbocycles. The second-order valence-electron chi connectivity index (χ2n) is 7.22. The van der Waals surface area contributed by atoms with Gasteiger partial charge in [-0.1, -0.05) is 25.1 Å². The summed E-state index contributed by atoms with van der Waals surface area (Å²) in [5, 5.41) is 5.70. The standard InChI is InChI=1S/C21H24N2O4S2/c1-13-5-4-6-14(2)21(13)23-19(24)9-10-29(26,27)16-7-8-18-17(12-16)22-20(25)11-15(3)28-18/h4-8,12,15H,9-11H2,1-3H3,(H,22,25)(H,23,24)/t15-/m0/s1. The Morgan fingerprint density at radius 2 is 1.90 bits per heavy atom. The molecule has 29 heavy (non-hydrogen) atoms. The molecule has 6 nitrogen and oxygen atoms in total. The van der Waals surface area contributed by atoms with Crippen LogP contribution in [0.3, 0.4) is 0 Å². The average molecular weight is 433 g/mol. The maximum Gasteiger partial charge on any atom is 0.225 e. The van der Waals surface area contributed by atoms with Crippen molar-refractivity contribution in [2.24, 2.45) is 0 Å². The summed E-state index contributed by atoms with van der Waals surface area (Å²) < 4.78 is 25.5. The summed E-state index contributed by atoms with van der Waals surface area (Å²) in [5.41, 5.74) is 3.07. The van der Waals surface area contributed by atoms with Crippen molar-refractivity contribution < 1.29 is 18.0 Å². The third-order valence-electron chi connectivity index (χ3n) is 4.73. The number of hydrogen-bond donors (Lipinski definition) is 2. The Balaban J connectivity index is 1.71. The maximum atomic E-state index is 12.7. The summed E-state index contributed by atoms with van der Waals surface area (Å²) >= 11 is 1.54. The first-order valence-electron chi connectivity index (χ1n) is 9.35. The number of sulfone groups is 1. The van der Waals surface area contributed by atoms with Gasteiger partial charge >= 0.3 is 0 Å². The minimum absolute atomic E-state index is 0.103. The molecule has 2 aromatic carbocycles. The fourth-order valence-electron chi connectivity index (χ4n) is 3.18. The molecule has 1 aliphatic heterocycles. The number of carbonyl (C=O) groups excluding carboxylic acids is 2. The van der Waals surface area contributed by atoms with Gasteiger partial charge in [-0.25, -0.2) is 8.42 Å². The number of aryl methyl sites for hydroxylation is 2. The summed E-state index contributed by atoms with van der Waals surface area (Å²) in [6.07, 6.45) is 0.227. The molecule has 3 rings (SSSR count). The lowest BCUT2D eigenvalue weighted by molar-refractivity contribution is -0.116. The number of amides is 2. The molecule has 0 unspecified atom stereocenters. The van der Waals surface area contributed by atoms with Gasteiger partial charge < -0.3 is 10.6 Å². The van der Waals surface area contributed by atoms with Gasteiger partial charge in [-0.3, -0.25) is 9.59 Å². The highest BCUT2D eigenvalue weighted by Crippen LogP contribution is 2.36. The Morgan fingerprint density at radius 1 is 1.21 bits per heavy atom. The monoisotopic (exact) mass is 432 g/mol. The average Bonchev–Trinajstić information content (AvgIpc) is 2.78. The van der Waals surface area contributed by atoms with E-state index in [-0.39, 0.29) is 34.1 Å². The molecular formula is C21H24N2O4S2. The smallest absolute Gasteiger partial charge is 0.225 e. The minimum atomic E-state index is -3.67. The van der Waals surface area contributed by atoms with Crippen LogP contribution in [0.4, 0.5) is 11.4 Å². The molecule has 0 saturated heterocycles. The number of fused-ring (bicyclic) bond motifs is 1. The van der Waals surface area contributed by atoms with Gasteiger partial charge in [0.15, 0.2) is 9.84 Å². The zero-order valence-electron chi connectivity index (χ0n) is 16.6. The number of rotatable bonds is 5. The Bertz CT molecular complexity index is 1040. The predicted molar refractivity (Wildman–Crippen MR) is 116 cm³/mol. The van der Waals surface area contributed by atoms with Crippen molar-refractivity contribution in [3.63, 3.8) is 0 Å². The number of anilines is 2. The van der Waals surface area contributed by atoms with E-state index >= 15 is 0 Å². The van der Waals surface area contributed by atoms with E-state index in [1.54, 1.807) is 6.07 Å². The van der Waals surface area contributed by atoms with E-state index in [4.69, 9.17) is 0 Å². The summed E-state index contributed by atoms with van der Waals surface area (Å²) in [6, 6.07) is 10.4. The van der Waals surface area contributed by atoms with Crippen LogP contribution in [0.5, 0.6) is 0 Å². The van der Waals surface area contributed by atoms with Crippen molar-refractivity contribution in [1.82, 2.24) is 0 Å². The largest absolute Gasteiger partial charge is 0.326 e. The van der Waals surface area contributed by atoms with Crippen LogP contribution >= 0.6 is 11.8 Å². The Labute approximate surface area is 175 Å². The number of thioether (sulfide) groups is 1. The fourth-order valence-corrected chi connectivity index (χ4v) is 5.50. The van der Waals surface area contributed by atoms with Crippen molar-refractivity contribution in [2.75, 3.05) is 16.4 Å². The highest BCUT2D eigenvalue weighted by atomic mass is 32.2. The Kier molecular flexibility index (Phi) is 6.33. The van der Waals surface area contributed by atoms with Crippen molar-refractivity contribution in [2.45, 2.75) is 48.7 Å². The third kappa shape index (κ3) is 5.19. The second-order valence-corrected chi connectivity index (χ2v) is 10.8. The fraction of sp³-hybridized carbons (Fsp3) is 0.333. The van der Waals surface area contributed by atoms with Crippen LogP contribution in [0.1, 0.15) is 30.9 Å². The number of hydrogen-bond acceptors (Lipinski definition) is 5. The van der Waals surface area contributed by atoms with Gasteiger partial charge in [-0.2, -0.15) is 0 Å². The number of benzene rings is 2. The number of para-hydroxylation sites is 1. The molecule has 8 heteroatoms.